The molecule has 17 heteroatoms. The highest BCUT2D eigenvalue weighted by atomic mass is 16.7. The number of aliphatic hydroxyl groups is 3. The number of fused-ring (bicyclic) bond motifs is 8. The SMILES string of the molecule is COc1ccc2c(c1OC)O[C@H]1c3c(cc4c(c3C[NH+]3C=C5N=CC=C5C3)CC[C@]3(O)[C@H](O4)O[C@H]([C@H](OC(=O)CC(=O)O)C(N)N)[C@@H](O)[C@@H]3O)OC[C@@H]21. The van der Waals surface area contributed by atoms with E-state index in [1.807, 2.05) is 18.2 Å². The first-order valence-electron chi connectivity index (χ1n) is 17.3. The minimum absolute atomic E-state index is 0.119. The molecule has 282 valence electrons. The van der Waals surface area contributed by atoms with Gasteiger partial charge in [0.2, 0.25) is 12.0 Å². The van der Waals surface area contributed by atoms with Gasteiger partial charge >= 0.3 is 11.9 Å². The van der Waals surface area contributed by atoms with E-state index in [1.54, 1.807) is 26.5 Å². The van der Waals surface area contributed by atoms with E-state index in [1.165, 1.54) is 0 Å². The lowest BCUT2D eigenvalue weighted by Crippen LogP contribution is -3.05. The number of carboxylic acids is 1. The molecule has 2 aromatic carbocycles. The van der Waals surface area contributed by atoms with Gasteiger partial charge in [-0.3, -0.25) is 19.5 Å². The summed E-state index contributed by atoms with van der Waals surface area (Å²) in [5.74, 6) is -0.476. The minimum Gasteiger partial charge on any atom is -0.493 e. The number of carbonyl (C=O) groups is 2. The number of methoxy groups -OCH3 is 2. The Kier molecular flexibility index (Phi) is 8.84. The first-order chi connectivity index (χ1) is 25.4. The number of hydrogen-bond acceptors (Lipinski definition) is 15. The van der Waals surface area contributed by atoms with E-state index in [0.717, 1.165) is 32.9 Å². The van der Waals surface area contributed by atoms with Gasteiger partial charge in [0.1, 0.15) is 67.3 Å². The van der Waals surface area contributed by atoms with Crippen molar-refractivity contribution in [3.8, 4) is 28.7 Å². The third kappa shape index (κ3) is 5.79. The van der Waals surface area contributed by atoms with E-state index in [2.05, 4.69) is 11.2 Å². The highest BCUT2D eigenvalue weighted by molar-refractivity contribution is 5.90. The molecule has 8 rings (SSSR count). The van der Waals surface area contributed by atoms with Crippen LogP contribution in [0.2, 0.25) is 0 Å². The summed E-state index contributed by atoms with van der Waals surface area (Å²) in [4.78, 5) is 29.0. The molecule has 17 nitrogen and oxygen atoms in total. The molecule has 0 saturated carbocycles. The Morgan fingerprint density at radius 3 is 2.68 bits per heavy atom. The van der Waals surface area contributed by atoms with Crippen LogP contribution >= 0.6 is 0 Å². The van der Waals surface area contributed by atoms with Crippen LogP contribution in [0.4, 0.5) is 0 Å². The number of aliphatic hydroxyl groups excluding tert-OH is 2. The molecule has 0 bridgehead atoms. The largest absolute Gasteiger partial charge is 0.493 e. The van der Waals surface area contributed by atoms with Gasteiger partial charge in [0, 0.05) is 40.1 Å². The van der Waals surface area contributed by atoms with Crippen molar-refractivity contribution >= 4 is 18.2 Å². The number of rotatable bonds is 9. The van der Waals surface area contributed by atoms with Crippen LogP contribution in [0.15, 0.2) is 46.7 Å². The fourth-order valence-electron chi connectivity index (χ4n) is 8.30. The summed E-state index contributed by atoms with van der Waals surface area (Å²) in [5.41, 5.74) is 14.9. The summed E-state index contributed by atoms with van der Waals surface area (Å²) in [6.45, 7) is 1.41. The number of aliphatic carboxylic acids is 1. The number of nitrogens with one attached hydrogen (secondary N) is 1. The Labute approximate surface area is 302 Å². The van der Waals surface area contributed by atoms with Gasteiger partial charge in [-0.2, -0.15) is 0 Å². The number of nitrogens with zero attached hydrogens (tertiary/aromatic N) is 1. The zero-order chi connectivity index (χ0) is 37.3. The topological polar surface area (TPSA) is 249 Å². The zero-order valence-electron chi connectivity index (χ0n) is 28.9. The summed E-state index contributed by atoms with van der Waals surface area (Å²) >= 11 is 0. The quantitative estimate of drug-likeness (QED) is 0.0898. The molecule has 0 radical (unpaired) electrons. The van der Waals surface area contributed by atoms with Crippen LogP contribution in [0, 0.1) is 0 Å². The van der Waals surface area contributed by atoms with Gasteiger partial charge in [0.25, 0.3) is 0 Å². The van der Waals surface area contributed by atoms with E-state index >= 15 is 0 Å². The highest BCUT2D eigenvalue weighted by Crippen LogP contribution is 2.58. The lowest BCUT2D eigenvalue weighted by atomic mass is 9.80. The van der Waals surface area contributed by atoms with E-state index in [-0.39, 0.29) is 25.4 Å². The van der Waals surface area contributed by atoms with Crippen molar-refractivity contribution in [1.82, 2.24) is 0 Å². The Morgan fingerprint density at radius 2 is 1.96 bits per heavy atom. The second kappa shape index (κ2) is 13.3. The predicted octanol–water partition coefficient (Wildman–Crippen LogP) is -1.30. The summed E-state index contributed by atoms with van der Waals surface area (Å²) in [7, 11) is 3.12. The number of benzene rings is 2. The predicted molar refractivity (Wildman–Crippen MR) is 181 cm³/mol. The smallest absolute Gasteiger partial charge is 0.317 e. The standard InChI is InChI=1S/C36H40N4O13/c1-47-21-4-3-17-19-14-49-23-9-22-16(18(12-40-11-15-6-8-39-20(15)13-40)26(23)28(19)52-29(17)30(21)48-2)5-7-36(46)33(45)27(44)31(53-35(36)50-22)32(34(37)38)51-25(43)10-24(41)42/h3-4,6,8-9,13,19,27-28,31-35,44-46H,5,7,10-12,14,37-38H2,1-2H3,(H,41,42)/p+1/t19-,27+,28+,31-,32-,33-,35+,36+/m0/s1. The molecule has 0 amide bonds. The van der Waals surface area contributed by atoms with Crippen molar-refractivity contribution in [2.24, 2.45) is 16.5 Å². The average Bonchev–Trinajstić information content (AvgIpc) is 3.81. The third-order valence-corrected chi connectivity index (χ3v) is 10.9. The molecule has 0 spiro atoms. The van der Waals surface area contributed by atoms with E-state index < -0.39 is 66.9 Å². The Hall–Kier alpha value is -4.75. The molecule has 53 heavy (non-hydrogen) atoms. The molecule has 0 aliphatic carbocycles. The van der Waals surface area contributed by atoms with Crippen LogP contribution in [0.1, 0.15) is 47.1 Å². The number of aliphatic imine (C=N–C) groups is 1. The summed E-state index contributed by atoms with van der Waals surface area (Å²) in [6, 6.07) is 5.49. The van der Waals surface area contributed by atoms with Crippen molar-refractivity contribution < 1.29 is 68.1 Å². The number of carboxylic acid groups (broad SMARTS) is 1. The Morgan fingerprint density at radius 1 is 1.15 bits per heavy atom. The van der Waals surface area contributed by atoms with Crippen molar-refractivity contribution in [3.63, 3.8) is 0 Å². The van der Waals surface area contributed by atoms with Gasteiger partial charge in [-0.05, 0) is 25.0 Å². The number of nitrogens with two attached hydrogens (primary N) is 2. The van der Waals surface area contributed by atoms with Crippen LogP contribution in [0.5, 0.6) is 28.7 Å². The molecule has 1 unspecified atom stereocenters. The van der Waals surface area contributed by atoms with Crippen molar-refractivity contribution in [2.45, 2.75) is 80.3 Å². The fraction of sp³-hybridized carbons (Fsp3) is 0.472. The molecule has 6 heterocycles. The van der Waals surface area contributed by atoms with Crippen LogP contribution in [-0.4, -0.2) is 108 Å². The van der Waals surface area contributed by atoms with Gasteiger partial charge < -0.3 is 65.1 Å². The van der Waals surface area contributed by atoms with Crippen molar-refractivity contribution in [3.05, 3.63) is 64.0 Å². The molecule has 2 aromatic rings. The second-order valence-corrected chi connectivity index (χ2v) is 14.0. The number of carbonyl (C=O) groups excluding carboxylic acids is 1. The zero-order valence-corrected chi connectivity index (χ0v) is 28.9. The van der Waals surface area contributed by atoms with Crippen LogP contribution in [0.25, 0.3) is 0 Å². The number of quaternary nitrogens is 1. The van der Waals surface area contributed by atoms with Crippen LogP contribution < -0.4 is 40.1 Å². The fourth-order valence-corrected chi connectivity index (χ4v) is 8.30. The van der Waals surface area contributed by atoms with Gasteiger partial charge in [-0.15, -0.1) is 0 Å². The van der Waals surface area contributed by atoms with E-state index in [0.29, 0.717) is 47.4 Å². The monoisotopic (exact) mass is 737 g/mol. The maximum Gasteiger partial charge on any atom is 0.317 e. The summed E-state index contributed by atoms with van der Waals surface area (Å²) in [6.07, 6.45) is -5.63. The molecule has 0 aromatic heterocycles. The maximum absolute atomic E-state index is 12.3. The van der Waals surface area contributed by atoms with Gasteiger partial charge in [-0.25, -0.2) is 0 Å². The Bertz CT molecular complexity index is 1950. The molecule has 9 atom stereocenters. The maximum atomic E-state index is 12.3. The number of ether oxygens (including phenoxy) is 7. The lowest BCUT2D eigenvalue weighted by molar-refractivity contribution is -0.851. The third-order valence-electron chi connectivity index (χ3n) is 10.9. The van der Waals surface area contributed by atoms with Gasteiger partial charge in [0.15, 0.2) is 23.2 Å². The molecule has 1 saturated heterocycles. The first kappa shape index (κ1) is 35.3. The number of esters is 1. The first-order valence-corrected chi connectivity index (χ1v) is 17.3. The number of allylic oxidation sites excluding steroid dienone is 1. The molecule has 9 N–H and O–H groups in total. The Balaban J connectivity index is 1.19. The summed E-state index contributed by atoms with van der Waals surface area (Å²) < 4.78 is 42.2. The molecular formula is C36H41N4O13+. The van der Waals surface area contributed by atoms with Crippen LogP contribution in [-0.2, 0) is 32.0 Å². The molecule has 1 fully saturated rings. The minimum atomic E-state index is -2.16. The van der Waals surface area contributed by atoms with Crippen molar-refractivity contribution in [1.29, 1.82) is 0 Å². The lowest BCUT2D eigenvalue weighted by Gasteiger charge is -2.48. The normalized spacial score (nSPS) is 30.8. The highest BCUT2D eigenvalue weighted by Gasteiger charge is 2.60. The average molecular weight is 738 g/mol. The summed E-state index contributed by atoms with van der Waals surface area (Å²) in [5, 5.41) is 43.8. The molecule has 6 aliphatic heterocycles. The molecular weight excluding hydrogens is 696 g/mol. The number of hydrogen-bond donors (Lipinski definition) is 7. The van der Waals surface area contributed by atoms with Gasteiger partial charge in [-0.1, -0.05) is 6.07 Å². The van der Waals surface area contributed by atoms with Crippen LogP contribution in [0.3, 0.4) is 0 Å². The van der Waals surface area contributed by atoms with Gasteiger partial charge in [0.05, 0.1) is 32.9 Å². The molecule has 6 aliphatic rings. The van der Waals surface area contributed by atoms with E-state index in [9.17, 15) is 24.9 Å². The second-order valence-electron chi connectivity index (χ2n) is 14.0. The van der Waals surface area contributed by atoms with E-state index in [4.69, 9.17) is 49.7 Å². The van der Waals surface area contributed by atoms with Crippen molar-refractivity contribution in [2.75, 3.05) is 27.4 Å².